The highest BCUT2D eigenvalue weighted by Gasteiger charge is 2.28. The molecule has 1 aromatic rings. The molecule has 2 heterocycles. The molecule has 1 atom stereocenters. The van der Waals surface area contributed by atoms with Gasteiger partial charge < -0.3 is 5.11 Å². The van der Waals surface area contributed by atoms with Gasteiger partial charge in [-0.15, -0.1) is 0 Å². The lowest BCUT2D eigenvalue weighted by Crippen LogP contribution is -2.42. The number of imide groups is 1. The van der Waals surface area contributed by atoms with E-state index in [9.17, 15) is 14.7 Å². The Balaban J connectivity index is 2.10. The second kappa shape index (κ2) is 4.70. The lowest BCUT2D eigenvalue weighted by molar-refractivity contribution is -0.132. The average Bonchev–Trinajstić information content (AvgIpc) is 2.21. The number of amides is 2. The molecule has 0 bridgehead atoms. The highest BCUT2D eigenvalue weighted by atomic mass is 32.2. The number of nitrogens with zero attached hydrogens (tertiary/aromatic N) is 2. The van der Waals surface area contributed by atoms with E-state index < -0.39 is 0 Å². The van der Waals surface area contributed by atoms with E-state index in [4.69, 9.17) is 0 Å². The van der Waals surface area contributed by atoms with Crippen LogP contribution < -0.4 is 5.32 Å². The molecule has 1 fully saturated rings. The standard InChI is InChI=1S/C10H11N3O3S/c1-5-4-8(15)13-10(11-5)17-6-2-3-7(14)12-9(6)16/h4,6H,2-3H2,1H3,(H,11,13,15)(H,12,14,16). The molecule has 90 valence electrons. The summed E-state index contributed by atoms with van der Waals surface area (Å²) in [5.74, 6) is -0.692. The van der Waals surface area contributed by atoms with Crippen molar-refractivity contribution < 1.29 is 14.7 Å². The maximum atomic E-state index is 11.5. The van der Waals surface area contributed by atoms with Crippen LogP contribution in [0.5, 0.6) is 5.88 Å². The lowest BCUT2D eigenvalue weighted by Gasteiger charge is -2.19. The molecule has 1 unspecified atom stereocenters. The van der Waals surface area contributed by atoms with Crippen LogP contribution in [-0.4, -0.2) is 32.1 Å². The second-order valence-corrected chi connectivity index (χ2v) is 4.88. The Bertz CT molecular complexity index is 458. The number of rotatable bonds is 2. The molecule has 6 nitrogen and oxygen atoms in total. The molecule has 7 heteroatoms. The van der Waals surface area contributed by atoms with Gasteiger partial charge in [0.25, 0.3) is 0 Å². The highest BCUT2D eigenvalue weighted by molar-refractivity contribution is 8.00. The molecule has 17 heavy (non-hydrogen) atoms. The van der Waals surface area contributed by atoms with Gasteiger partial charge in [-0.05, 0) is 13.3 Å². The van der Waals surface area contributed by atoms with Crippen LogP contribution >= 0.6 is 11.8 Å². The molecular weight excluding hydrogens is 242 g/mol. The number of piperidine rings is 1. The first-order valence-corrected chi connectivity index (χ1v) is 5.97. The zero-order valence-electron chi connectivity index (χ0n) is 9.14. The topological polar surface area (TPSA) is 92.2 Å². The van der Waals surface area contributed by atoms with E-state index in [1.54, 1.807) is 6.92 Å². The van der Waals surface area contributed by atoms with Gasteiger partial charge in [-0.25, -0.2) is 4.98 Å². The summed E-state index contributed by atoms with van der Waals surface area (Å²) in [7, 11) is 0. The van der Waals surface area contributed by atoms with Gasteiger partial charge in [0.05, 0.1) is 5.25 Å². The van der Waals surface area contributed by atoms with Crippen molar-refractivity contribution in [3.8, 4) is 5.88 Å². The molecule has 1 aromatic heterocycles. The number of thioether (sulfide) groups is 1. The van der Waals surface area contributed by atoms with Crippen molar-refractivity contribution in [1.29, 1.82) is 0 Å². The number of aryl methyl sites for hydroxylation is 1. The molecular formula is C10H11N3O3S. The summed E-state index contributed by atoms with van der Waals surface area (Å²) in [4.78, 5) is 30.4. The lowest BCUT2D eigenvalue weighted by atomic mass is 10.1. The molecule has 2 amide bonds. The number of carbonyl (C=O) groups is 2. The van der Waals surface area contributed by atoms with Crippen molar-refractivity contribution in [1.82, 2.24) is 15.3 Å². The summed E-state index contributed by atoms with van der Waals surface area (Å²) in [6, 6.07) is 1.44. The van der Waals surface area contributed by atoms with Gasteiger partial charge >= 0.3 is 0 Å². The quantitative estimate of drug-likeness (QED) is 0.585. The monoisotopic (exact) mass is 253 g/mol. The van der Waals surface area contributed by atoms with E-state index in [2.05, 4.69) is 15.3 Å². The van der Waals surface area contributed by atoms with Gasteiger partial charge in [0.2, 0.25) is 17.7 Å². The zero-order valence-corrected chi connectivity index (χ0v) is 9.95. The third-order valence-corrected chi connectivity index (χ3v) is 3.38. The van der Waals surface area contributed by atoms with Crippen LogP contribution in [0.4, 0.5) is 0 Å². The van der Waals surface area contributed by atoms with Crippen LogP contribution in [0.15, 0.2) is 11.2 Å². The molecule has 0 saturated carbocycles. The van der Waals surface area contributed by atoms with Gasteiger partial charge in [-0.2, -0.15) is 4.98 Å². The smallest absolute Gasteiger partial charge is 0.240 e. The van der Waals surface area contributed by atoms with Crippen molar-refractivity contribution >= 4 is 23.6 Å². The van der Waals surface area contributed by atoms with Crippen molar-refractivity contribution in [3.05, 3.63) is 11.8 Å². The van der Waals surface area contributed by atoms with Gasteiger partial charge in [0.1, 0.15) is 0 Å². The second-order valence-electron chi connectivity index (χ2n) is 3.71. The molecule has 2 rings (SSSR count). The molecule has 0 spiro atoms. The molecule has 0 aliphatic carbocycles. The van der Waals surface area contributed by atoms with Gasteiger partial charge in [-0.1, -0.05) is 11.8 Å². The largest absolute Gasteiger partial charge is 0.493 e. The van der Waals surface area contributed by atoms with Crippen molar-refractivity contribution in [3.63, 3.8) is 0 Å². The summed E-state index contributed by atoms with van der Waals surface area (Å²) >= 11 is 1.16. The minimum atomic E-state index is -0.381. The summed E-state index contributed by atoms with van der Waals surface area (Å²) in [5, 5.41) is 11.5. The zero-order chi connectivity index (χ0) is 12.4. The Labute approximate surface area is 102 Å². The van der Waals surface area contributed by atoms with Crippen molar-refractivity contribution in [2.75, 3.05) is 0 Å². The summed E-state index contributed by atoms with van der Waals surface area (Å²) in [6.07, 6.45) is 0.786. The van der Waals surface area contributed by atoms with Crippen molar-refractivity contribution in [2.24, 2.45) is 0 Å². The molecule has 1 saturated heterocycles. The van der Waals surface area contributed by atoms with Crippen LogP contribution in [0.25, 0.3) is 0 Å². The molecule has 1 aliphatic heterocycles. The minimum Gasteiger partial charge on any atom is -0.493 e. The van der Waals surface area contributed by atoms with Gasteiger partial charge in [-0.3, -0.25) is 14.9 Å². The van der Waals surface area contributed by atoms with Gasteiger partial charge in [0, 0.05) is 18.2 Å². The Morgan fingerprint density at radius 3 is 2.88 bits per heavy atom. The number of hydrogen-bond acceptors (Lipinski definition) is 6. The first kappa shape index (κ1) is 11.8. The normalized spacial score (nSPS) is 20.2. The number of carbonyl (C=O) groups excluding carboxylic acids is 2. The van der Waals surface area contributed by atoms with E-state index in [1.807, 2.05) is 0 Å². The fraction of sp³-hybridized carbons (Fsp3) is 0.400. The number of hydrogen-bond donors (Lipinski definition) is 2. The molecule has 0 radical (unpaired) electrons. The van der Waals surface area contributed by atoms with E-state index in [-0.39, 0.29) is 22.9 Å². The van der Waals surface area contributed by atoms with Crippen LogP contribution in [0, 0.1) is 6.92 Å². The summed E-state index contributed by atoms with van der Waals surface area (Å²) < 4.78 is 0. The fourth-order valence-electron chi connectivity index (χ4n) is 1.49. The van der Waals surface area contributed by atoms with Crippen LogP contribution in [0.3, 0.4) is 0 Å². The third-order valence-electron chi connectivity index (χ3n) is 2.26. The Morgan fingerprint density at radius 1 is 1.47 bits per heavy atom. The fourth-order valence-corrected chi connectivity index (χ4v) is 2.49. The first-order valence-electron chi connectivity index (χ1n) is 5.09. The molecule has 0 aromatic carbocycles. The summed E-state index contributed by atoms with van der Waals surface area (Å²) in [5.41, 5.74) is 0.632. The third kappa shape index (κ3) is 2.94. The first-order chi connectivity index (χ1) is 8.04. The Morgan fingerprint density at radius 2 is 2.24 bits per heavy atom. The highest BCUT2D eigenvalue weighted by Crippen LogP contribution is 2.26. The van der Waals surface area contributed by atoms with E-state index in [0.717, 1.165) is 11.8 Å². The molecule has 2 N–H and O–H groups in total. The molecule has 1 aliphatic rings. The summed E-state index contributed by atoms with van der Waals surface area (Å²) in [6.45, 7) is 1.73. The van der Waals surface area contributed by atoms with E-state index in [0.29, 0.717) is 23.7 Å². The predicted octanol–water partition coefficient (Wildman–Crippen LogP) is 0.388. The number of aromatic nitrogens is 2. The van der Waals surface area contributed by atoms with Crippen LogP contribution in [0.1, 0.15) is 18.5 Å². The maximum Gasteiger partial charge on any atom is 0.240 e. The van der Waals surface area contributed by atoms with E-state index in [1.165, 1.54) is 6.07 Å². The van der Waals surface area contributed by atoms with Crippen LogP contribution in [-0.2, 0) is 9.59 Å². The SMILES string of the molecule is Cc1cc(O)nc(SC2CCC(=O)NC2=O)n1. The van der Waals surface area contributed by atoms with Crippen LogP contribution in [0.2, 0.25) is 0 Å². The minimum absolute atomic E-state index is 0.118. The van der Waals surface area contributed by atoms with Crippen molar-refractivity contribution in [2.45, 2.75) is 30.2 Å². The van der Waals surface area contributed by atoms with Gasteiger partial charge in [0.15, 0.2) is 5.16 Å². The number of nitrogens with one attached hydrogen (secondary N) is 1. The Kier molecular flexibility index (Phi) is 3.28. The number of aromatic hydroxyl groups is 1. The Hall–Kier alpha value is -1.63. The van der Waals surface area contributed by atoms with E-state index >= 15 is 0 Å². The average molecular weight is 253 g/mol. The predicted molar refractivity (Wildman–Crippen MR) is 60.5 cm³/mol. The maximum absolute atomic E-state index is 11.5.